The van der Waals surface area contributed by atoms with Crippen LogP contribution in [0.3, 0.4) is 0 Å². The first-order valence-corrected chi connectivity index (χ1v) is 2.12. The van der Waals surface area contributed by atoms with Crippen LogP contribution in [0.25, 0.3) is 0 Å². The van der Waals surface area contributed by atoms with Crippen molar-refractivity contribution in [2.75, 3.05) is 0 Å². The van der Waals surface area contributed by atoms with Crippen molar-refractivity contribution in [1.82, 2.24) is 0 Å². The van der Waals surface area contributed by atoms with E-state index in [1.807, 2.05) is 0 Å². The molecule has 50 valence electrons. The number of carbonyl (C=O) groups excluding carboxylic acids is 2. The Bertz CT molecular complexity index is 102. The van der Waals surface area contributed by atoms with Gasteiger partial charge in [-0.3, -0.25) is 9.59 Å². The first kappa shape index (κ1) is 7.96. The van der Waals surface area contributed by atoms with Gasteiger partial charge in [-0.15, -0.1) is 0 Å². The van der Waals surface area contributed by atoms with E-state index < -0.39 is 5.97 Å². The van der Waals surface area contributed by atoms with Crippen molar-refractivity contribution in [1.29, 1.82) is 0 Å². The summed E-state index contributed by atoms with van der Waals surface area (Å²) in [4.78, 5) is 27.0. The minimum Gasteiger partial charge on any atom is -0.511 e. The molecule has 0 unspecified atom stereocenters. The highest BCUT2D eigenvalue weighted by Crippen LogP contribution is 1.74. The smallest absolute Gasteiger partial charge is 0.511 e. The fourth-order valence-corrected chi connectivity index (χ4v) is 0.163. The molecule has 0 bridgehead atoms. The normalized spacial score (nSPS) is 7.67. The summed E-state index contributed by atoms with van der Waals surface area (Å²) in [6.07, 6.45) is 0. The van der Waals surface area contributed by atoms with E-state index in [0.717, 1.165) is 0 Å². The largest absolute Gasteiger partial charge is 0.553 e. The molecule has 0 aromatic rings. The first-order valence-electron chi connectivity index (χ1n) is 2.12. The van der Waals surface area contributed by atoms with Crippen molar-refractivity contribution in [3.63, 3.8) is 0 Å². The molecule has 9 heavy (non-hydrogen) atoms. The predicted molar refractivity (Wildman–Crippen MR) is 27.1 cm³/mol. The second kappa shape index (κ2) is 5.11. The Kier molecular flexibility index (Phi) is 4.52. The Morgan fingerprint density at radius 2 is 2.33 bits per heavy atom. The first-order chi connectivity index (χ1) is 4.27. The van der Waals surface area contributed by atoms with Gasteiger partial charge in [-0.05, 0) is 0 Å². The molecular weight excluding hydrogens is 127 g/mol. The highest BCUT2D eigenvalue weighted by molar-refractivity contribution is 6.21. The number of rotatable bonds is 4. The van der Waals surface area contributed by atoms with Gasteiger partial charge in [-0.25, -0.2) is 4.81 Å². The van der Waals surface area contributed by atoms with E-state index in [-0.39, 0.29) is 14.2 Å². The summed E-state index contributed by atoms with van der Waals surface area (Å²) in [5.41, 5.74) is 0. The molecule has 0 spiro atoms. The lowest BCUT2D eigenvalue weighted by Crippen LogP contribution is -2.08. The molecule has 0 heterocycles. The van der Waals surface area contributed by atoms with Crippen molar-refractivity contribution >= 4 is 20.1 Å². The van der Waals surface area contributed by atoms with Crippen molar-refractivity contribution in [3.8, 4) is 0 Å². The molecule has 0 fully saturated rings. The van der Waals surface area contributed by atoms with Gasteiger partial charge in [0.1, 0.15) is 0 Å². The fourth-order valence-electron chi connectivity index (χ4n) is 0.163. The molecule has 0 aliphatic rings. The average Bonchev–Trinajstić information content (AvgIpc) is 1.80. The summed E-state index contributed by atoms with van der Waals surface area (Å²) >= 11 is 0. The van der Waals surface area contributed by atoms with Crippen LogP contribution >= 0.6 is 0 Å². The van der Waals surface area contributed by atoms with Gasteiger partial charge in [-0.1, -0.05) is 0 Å². The van der Waals surface area contributed by atoms with Gasteiger partial charge >= 0.3 is 14.2 Å². The van der Waals surface area contributed by atoms with Crippen LogP contribution in [-0.2, 0) is 23.9 Å². The second-order valence-corrected chi connectivity index (χ2v) is 1.06. The van der Waals surface area contributed by atoms with Crippen LogP contribution in [0.15, 0.2) is 0 Å². The zero-order valence-corrected chi connectivity index (χ0v) is 4.83. The second-order valence-electron chi connectivity index (χ2n) is 1.06. The minimum absolute atomic E-state index is 0.0868. The molecule has 0 rings (SSSR count). The van der Waals surface area contributed by atoms with Gasteiger partial charge in [0.05, 0.1) is 0 Å². The lowest BCUT2D eigenvalue weighted by molar-refractivity contribution is -0.203. The highest BCUT2D eigenvalue weighted by Gasteiger charge is 1.95. The third-order valence-corrected chi connectivity index (χ3v) is 0.418. The van der Waals surface area contributed by atoms with Crippen molar-refractivity contribution in [2.24, 2.45) is 0 Å². The SMILES string of the molecule is CC(=O)OBOOC=O. The molecule has 0 saturated heterocycles. The summed E-state index contributed by atoms with van der Waals surface area (Å²) in [6.45, 7) is 1.30. The van der Waals surface area contributed by atoms with Crippen molar-refractivity contribution in [3.05, 3.63) is 0 Å². The lowest BCUT2D eigenvalue weighted by atomic mass is 10.4. The molecule has 0 saturated carbocycles. The van der Waals surface area contributed by atoms with Crippen LogP contribution in [-0.4, -0.2) is 20.1 Å². The molecule has 0 atom stereocenters. The van der Waals surface area contributed by atoms with Crippen LogP contribution < -0.4 is 0 Å². The quantitative estimate of drug-likeness (QED) is 0.160. The molecule has 0 aromatic heterocycles. The Balaban J connectivity index is 2.91. The van der Waals surface area contributed by atoms with Crippen LogP contribution in [0.1, 0.15) is 6.92 Å². The van der Waals surface area contributed by atoms with E-state index in [1.54, 1.807) is 0 Å². The van der Waals surface area contributed by atoms with Crippen molar-refractivity contribution < 1.29 is 23.9 Å². The molecule has 5 nitrogen and oxygen atoms in total. The van der Waals surface area contributed by atoms with Crippen molar-refractivity contribution in [2.45, 2.75) is 6.92 Å². The lowest BCUT2D eigenvalue weighted by Gasteiger charge is -1.95. The third kappa shape index (κ3) is 6.96. The molecule has 0 N–H and O–H groups in total. The number of hydrogen-bond acceptors (Lipinski definition) is 5. The Morgan fingerprint density at radius 1 is 1.67 bits per heavy atom. The van der Waals surface area contributed by atoms with E-state index in [1.165, 1.54) is 6.92 Å². The van der Waals surface area contributed by atoms with E-state index in [9.17, 15) is 9.59 Å². The maximum absolute atomic E-state index is 9.96. The molecule has 0 aliphatic heterocycles. The van der Waals surface area contributed by atoms with Crippen LogP contribution in [0.2, 0.25) is 0 Å². The summed E-state index contributed by atoms with van der Waals surface area (Å²) in [5.74, 6) is -0.496. The van der Waals surface area contributed by atoms with Gasteiger partial charge in [0, 0.05) is 6.92 Å². The maximum atomic E-state index is 9.96. The molecular formula is C3H5BO5. The maximum Gasteiger partial charge on any atom is 0.553 e. The fraction of sp³-hybridized carbons (Fsp3) is 0.333. The van der Waals surface area contributed by atoms with E-state index >= 15 is 0 Å². The number of carbonyl (C=O) groups is 2. The van der Waals surface area contributed by atoms with E-state index in [4.69, 9.17) is 0 Å². The third-order valence-electron chi connectivity index (χ3n) is 0.418. The molecule has 0 radical (unpaired) electrons. The average molecular weight is 132 g/mol. The monoisotopic (exact) mass is 132 g/mol. The van der Waals surface area contributed by atoms with Gasteiger partial charge in [0.15, 0.2) is 0 Å². The topological polar surface area (TPSA) is 61.8 Å². The predicted octanol–water partition coefficient (Wildman–Crippen LogP) is -1.08. The zero-order valence-electron chi connectivity index (χ0n) is 4.83. The van der Waals surface area contributed by atoms with Gasteiger partial charge in [-0.2, -0.15) is 0 Å². The zero-order chi connectivity index (χ0) is 7.11. The molecule has 0 amide bonds. The summed E-state index contributed by atoms with van der Waals surface area (Å²) in [6, 6.07) is 0. The van der Waals surface area contributed by atoms with Gasteiger partial charge in [0.25, 0.3) is 5.97 Å². The molecule has 0 aromatic carbocycles. The Labute approximate surface area is 52.1 Å². The Morgan fingerprint density at radius 3 is 2.78 bits per heavy atom. The minimum atomic E-state index is -0.496. The van der Waals surface area contributed by atoms with E-state index in [0.29, 0.717) is 0 Å². The summed E-state index contributed by atoms with van der Waals surface area (Å²) in [5, 5.41) is 0. The standard InChI is InChI=1S/C3H5BO5/c1-3(6)8-4-9-7-2-5/h2,4H,1H3. The van der Waals surface area contributed by atoms with E-state index in [2.05, 4.69) is 14.3 Å². The van der Waals surface area contributed by atoms with Crippen LogP contribution in [0.4, 0.5) is 0 Å². The Hall–Kier alpha value is -1.04. The van der Waals surface area contributed by atoms with Crippen LogP contribution in [0, 0.1) is 0 Å². The summed E-state index contributed by atoms with van der Waals surface area (Å²) < 4.78 is 4.20. The highest BCUT2D eigenvalue weighted by atomic mass is 17.2. The number of hydrogen-bond donors (Lipinski definition) is 0. The van der Waals surface area contributed by atoms with Gasteiger partial charge in [0.2, 0.25) is 0 Å². The molecule has 0 aliphatic carbocycles. The summed E-state index contributed by atoms with van der Waals surface area (Å²) in [7, 11) is -0.367. The molecule has 6 heteroatoms. The van der Waals surface area contributed by atoms with Crippen LogP contribution in [0.5, 0.6) is 0 Å². The van der Waals surface area contributed by atoms with Gasteiger partial charge < -0.3 is 9.54 Å².